The van der Waals surface area contributed by atoms with Crippen molar-refractivity contribution in [1.82, 2.24) is 15.3 Å². The van der Waals surface area contributed by atoms with Crippen molar-refractivity contribution in [1.29, 1.82) is 0 Å². The fourth-order valence-electron chi connectivity index (χ4n) is 5.20. The number of benzene rings is 3. The molecule has 0 spiro atoms. The van der Waals surface area contributed by atoms with Crippen LogP contribution in [0, 0.1) is 12.8 Å². The second-order valence-electron chi connectivity index (χ2n) is 8.82. The van der Waals surface area contributed by atoms with Crippen LogP contribution in [-0.2, 0) is 6.54 Å². The predicted octanol–water partition coefficient (Wildman–Crippen LogP) is 6.75. The molecule has 0 radical (unpaired) electrons. The molecule has 1 aliphatic rings. The fourth-order valence-corrected chi connectivity index (χ4v) is 5.20. The number of hydrogen-bond acceptors (Lipinski definition) is 2. The largest absolute Gasteiger partial charge is 0.344 e. The van der Waals surface area contributed by atoms with Gasteiger partial charge in [-0.3, -0.25) is 0 Å². The number of aromatic nitrogens is 2. The number of fused-ring (bicyclic) bond motifs is 2. The van der Waals surface area contributed by atoms with Crippen LogP contribution in [0.2, 0.25) is 0 Å². The van der Waals surface area contributed by atoms with Crippen molar-refractivity contribution >= 4 is 21.8 Å². The minimum atomic E-state index is 0.936. The summed E-state index contributed by atoms with van der Waals surface area (Å²) in [5.74, 6) is 0.936. The molecule has 1 fully saturated rings. The zero-order chi connectivity index (χ0) is 20.3. The Bertz CT molecular complexity index is 1150. The van der Waals surface area contributed by atoms with E-state index in [9.17, 15) is 0 Å². The van der Waals surface area contributed by atoms with Crippen LogP contribution in [0.4, 0.5) is 0 Å². The van der Waals surface area contributed by atoms with Crippen molar-refractivity contribution in [3.63, 3.8) is 0 Å². The molecule has 0 aliphatic heterocycles. The number of nitrogens with one attached hydrogen (secondary N) is 2. The Balaban J connectivity index is 1.39. The normalized spacial score (nSPS) is 15.2. The third kappa shape index (κ3) is 3.75. The molecule has 3 heteroatoms. The highest BCUT2D eigenvalue weighted by molar-refractivity contribution is 6.01. The van der Waals surface area contributed by atoms with Crippen LogP contribution in [0.5, 0.6) is 0 Å². The first-order valence-corrected chi connectivity index (χ1v) is 11.5. The predicted molar refractivity (Wildman–Crippen MR) is 127 cm³/mol. The molecule has 0 amide bonds. The first-order chi connectivity index (χ1) is 14.8. The monoisotopic (exact) mass is 397 g/mol. The molecule has 0 bridgehead atoms. The lowest BCUT2D eigenvalue weighted by Crippen LogP contribution is -2.19. The average Bonchev–Trinajstić information content (AvgIpc) is 3.28. The first-order valence-electron chi connectivity index (χ1n) is 11.5. The molecule has 0 atom stereocenters. The van der Waals surface area contributed by atoms with E-state index in [1.54, 1.807) is 6.33 Å². The van der Waals surface area contributed by atoms with Gasteiger partial charge in [0.2, 0.25) is 0 Å². The van der Waals surface area contributed by atoms with Crippen LogP contribution in [-0.4, -0.2) is 16.5 Å². The second kappa shape index (κ2) is 8.61. The molecule has 3 aromatic carbocycles. The molecule has 3 nitrogen and oxygen atoms in total. The molecule has 1 aliphatic carbocycles. The molecule has 154 valence electrons. The molecule has 2 N–H and O–H groups in total. The van der Waals surface area contributed by atoms with Gasteiger partial charge in [-0.05, 0) is 64.9 Å². The summed E-state index contributed by atoms with van der Waals surface area (Å²) in [6.45, 7) is 4.24. The van der Waals surface area contributed by atoms with E-state index in [4.69, 9.17) is 0 Å². The molecule has 4 aromatic rings. The van der Waals surface area contributed by atoms with Gasteiger partial charge in [0.15, 0.2) is 0 Å². The lowest BCUT2D eigenvalue weighted by molar-refractivity contribution is 0.334. The highest BCUT2D eigenvalue weighted by Gasteiger charge is 2.14. The van der Waals surface area contributed by atoms with Gasteiger partial charge in [0, 0.05) is 6.54 Å². The van der Waals surface area contributed by atoms with Gasteiger partial charge in [0.25, 0.3) is 0 Å². The van der Waals surface area contributed by atoms with Crippen LogP contribution >= 0.6 is 0 Å². The molecular weight excluding hydrogens is 366 g/mol. The summed E-state index contributed by atoms with van der Waals surface area (Å²) < 4.78 is 0. The van der Waals surface area contributed by atoms with Gasteiger partial charge < -0.3 is 10.3 Å². The van der Waals surface area contributed by atoms with E-state index in [0.29, 0.717) is 0 Å². The van der Waals surface area contributed by atoms with E-state index in [2.05, 4.69) is 70.7 Å². The number of aryl methyl sites for hydroxylation is 1. The smallest absolute Gasteiger partial charge is 0.0931 e. The number of rotatable bonds is 6. The lowest BCUT2D eigenvalue weighted by Gasteiger charge is -2.21. The van der Waals surface area contributed by atoms with E-state index in [1.807, 2.05) is 0 Å². The Labute approximate surface area is 178 Å². The summed E-state index contributed by atoms with van der Waals surface area (Å²) >= 11 is 0. The SMILES string of the molecule is Cc1c(-c2ccc(CNCCC3CCCCC3)c3ccccc23)ccc2nc[nH]c12. The zero-order valence-corrected chi connectivity index (χ0v) is 17.9. The lowest BCUT2D eigenvalue weighted by atomic mass is 9.87. The summed E-state index contributed by atoms with van der Waals surface area (Å²) in [7, 11) is 0. The third-order valence-electron chi connectivity index (χ3n) is 6.93. The van der Waals surface area contributed by atoms with Crippen LogP contribution in [0.15, 0.2) is 54.9 Å². The summed E-state index contributed by atoms with van der Waals surface area (Å²) in [4.78, 5) is 7.70. The average molecular weight is 398 g/mol. The summed E-state index contributed by atoms with van der Waals surface area (Å²) in [6.07, 6.45) is 10.3. The maximum atomic E-state index is 4.40. The van der Waals surface area contributed by atoms with Gasteiger partial charge in [0.05, 0.1) is 17.4 Å². The Morgan fingerprint density at radius 3 is 2.60 bits per heavy atom. The Kier molecular flexibility index (Phi) is 5.54. The second-order valence-corrected chi connectivity index (χ2v) is 8.82. The van der Waals surface area contributed by atoms with Gasteiger partial charge in [0.1, 0.15) is 0 Å². The van der Waals surface area contributed by atoms with E-state index in [0.717, 1.165) is 30.0 Å². The van der Waals surface area contributed by atoms with Crippen molar-refractivity contribution in [3.05, 3.63) is 66.0 Å². The number of H-pyrrole nitrogens is 1. The topological polar surface area (TPSA) is 40.7 Å². The van der Waals surface area contributed by atoms with E-state index < -0.39 is 0 Å². The maximum absolute atomic E-state index is 4.40. The molecule has 1 saturated carbocycles. The minimum Gasteiger partial charge on any atom is -0.344 e. The van der Waals surface area contributed by atoms with Gasteiger partial charge in [-0.25, -0.2) is 4.98 Å². The van der Waals surface area contributed by atoms with Crippen LogP contribution in [0.25, 0.3) is 32.9 Å². The molecular formula is C27H31N3. The molecule has 0 saturated heterocycles. The van der Waals surface area contributed by atoms with E-state index >= 15 is 0 Å². The number of nitrogens with zero attached hydrogens (tertiary/aromatic N) is 1. The minimum absolute atomic E-state index is 0.936. The van der Waals surface area contributed by atoms with E-state index in [-0.39, 0.29) is 0 Å². The Morgan fingerprint density at radius 1 is 0.933 bits per heavy atom. The highest BCUT2D eigenvalue weighted by atomic mass is 14.9. The molecule has 5 rings (SSSR count). The number of imidazole rings is 1. The van der Waals surface area contributed by atoms with Gasteiger partial charge >= 0.3 is 0 Å². The van der Waals surface area contributed by atoms with Crippen molar-refractivity contribution < 1.29 is 0 Å². The molecule has 1 heterocycles. The maximum Gasteiger partial charge on any atom is 0.0931 e. The Morgan fingerprint density at radius 2 is 1.73 bits per heavy atom. The number of hydrogen-bond donors (Lipinski definition) is 2. The van der Waals surface area contributed by atoms with Gasteiger partial charge in [-0.15, -0.1) is 0 Å². The zero-order valence-electron chi connectivity index (χ0n) is 17.9. The van der Waals surface area contributed by atoms with Crippen molar-refractivity contribution in [3.8, 4) is 11.1 Å². The first kappa shape index (κ1) is 19.3. The standard InChI is InChI=1S/C27H31N3/c1-19-22(13-14-26-27(19)30-18-29-26)25-12-11-21(23-9-5-6-10-24(23)25)17-28-16-15-20-7-3-2-4-8-20/h5-6,9-14,18,20,28H,2-4,7-8,15-17H2,1H3,(H,29,30). The summed E-state index contributed by atoms with van der Waals surface area (Å²) in [6, 6.07) is 17.8. The van der Waals surface area contributed by atoms with Crippen LogP contribution in [0.1, 0.15) is 49.7 Å². The number of aromatic amines is 1. The van der Waals surface area contributed by atoms with Crippen molar-refractivity contribution in [2.24, 2.45) is 5.92 Å². The molecule has 0 unspecified atom stereocenters. The van der Waals surface area contributed by atoms with Crippen LogP contribution < -0.4 is 5.32 Å². The van der Waals surface area contributed by atoms with Gasteiger partial charge in [-0.2, -0.15) is 0 Å². The quantitative estimate of drug-likeness (QED) is 0.353. The van der Waals surface area contributed by atoms with E-state index in [1.165, 1.54) is 71.6 Å². The van der Waals surface area contributed by atoms with Crippen LogP contribution in [0.3, 0.4) is 0 Å². The third-order valence-corrected chi connectivity index (χ3v) is 6.93. The van der Waals surface area contributed by atoms with Gasteiger partial charge in [-0.1, -0.05) is 74.6 Å². The summed E-state index contributed by atoms with van der Waals surface area (Å²) in [5, 5.41) is 6.40. The Hall–Kier alpha value is -2.65. The highest BCUT2D eigenvalue weighted by Crippen LogP contribution is 2.35. The van der Waals surface area contributed by atoms with Crippen molar-refractivity contribution in [2.75, 3.05) is 6.54 Å². The fraction of sp³-hybridized carbons (Fsp3) is 0.370. The molecule has 30 heavy (non-hydrogen) atoms. The summed E-state index contributed by atoms with van der Waals surface area (Å²) in [5.41, 5.74) is 7.38. The van der Waals surface area contributed by atoms with Crippen molar-refractivity contribution in [2.45, 2.75) is 52.0 Å². The molecule has 1 aromatic heterocycles.